The number of fused-ring (bicyclic) bond motifs is 1. The second-order valence-electron chi connectivity index (χ2n) is 7.76. The van der Waals surface area contributed by atoms with Crippen LogP contribution >= 0.6 is 11.6 Å². The highest BCUT2D eigenvalue weighted by molar-refractivity contribution is 6.47. The van der Waals surface area contributed by atoms with Crippen LogP contribution in [0.5, 0.6) is 5.75 Å². The molecular weight excluding hydrogens is 424 g/mol. The van der Waals surface area contributed by atoms with E-state index in [0.717, 1.165) is 12.0 Å². The number of hydrogen-bond acceptors (Lipinski definition) is 4. The summed E-state index contributed by atoms with van der Waals surface area (Å²) in [5, 5.41) is 0.346. The Morgan fingerprint density at radius 1 is 0.844 bits per heavy atom. The largest absolute Gasteiger partial charge is 0.496 e. The minimum atomic E-state index is -0.401. The van der Waals surface area contributed by atoms with E-state index in [-0.39, 0.29) is 5.91 Å². The molecule has 0 unspecified atom stereocenters. The molecule has 0 fully saturated rings. The van der Waals surface area contributed by atoms with Gasteiger partial charge in [-0.1, -0.05) is 66.2 Å². The third kappa shape index (κ3) is 3.26. The summed E-state index contributed by atoms with van der Waals surface area (Å²) < 4.78 is 5.54. The van der Waals surface area contributed by atoms with Gasteiger partial charge in [0.2, 0.25) is 0 Å². The van der Waals surface area contributed by atoms with Crippen molar-refractivity contribution >= 4 is 34.7 Å². The molecule has 0 N–H and O–H groups in total. The van der Waals surface area contributed by atoms with E-state index in [9.17, 15) is 9.59 Å². The molecule has 2 aliphatic heterocycles. The first kappa shape index (κ1) is 20.3. The third-order valence-electron chi connectivity index (χ3n) is 5.98. The molecule has 0 radical (unpaired) electrons. The molecule has 2 heterocycles. The Bertz CT molecular complexity index is 1270. The molecule has 0 saturated heterocycles. The lowest BCUT2D eigenvalue weighted by atomic mass is 9.97. The van der Waals surface area contributed by atoms with Crippen LogP contribution in [0, 0.1) is 0 Å². The van der Waals surface area contributed by atoms with E-state index >= 15 is 0 Å². The number of para-hydroxylation sites is 2. The zero-order valence-electron chi connectivity index (χ0n) is 17.5. The number of hydrogen-bond donors (Lipinski definition) is 0. The molecule has 0 aromatic heterocycles. The number of halogens is 1. The number of methoxy groups -OCH3 is 1. The van der Waals surface area contributed by atoms with Gasteiger partial charge in [-0.05, 0) is 35.7 Å². The van der Waals surface area contributed by atoms with Gasteiger partial charge in [-0.2, -0.15) is 0 Å². The van der Waals surface area contributed by atoms with Gasteiger partial charge in [-0.3, -0.25) is 9.59 Å². The summed E-state index contributed by atoms with van der Waals surface area (Å²) in [5.41, 5.74) is 4.12. The molecule has 160 valence electrons. The second kappa shape index (κ2) is 8.17. The van der Waals surface area contributed by atoms with Crippen molar-refractivity contribution in [2.45, 2.75) is 13.0 Å². The smallest absolute Gasteiger partial charge is 0.282 e. The Balaban J connectivity index is 1.67. The van der Waals surface area contributed by atoms with E-state index in [1.54, 1.807) is 37.4 Å². The summed E-state index contributed by atoms with van der Waals surface area (Å²) in [5.74, 6) is -0.232. The van der Waals surface area contributed by atoms with Crippen molar-refractivity contribution in [1.82, 2.24) is 4.90 Å². The molecule has 5 nitrogen and oxygen atoms in total. The molecule has 3 aromatic rings. The number of anilines is 1. The number of carbonyl (C=O) groups is 2. The van der Waals surface area contributed by atoms with E-state index in [0.29, 0.717) is 46.4 Å². The van der Waals surface area contributed by atoms with Crippen LogP contribution in [0.25, 0.3) is 5.57 Å². The van der Waals surface area contributed by atoms with Crippen molar-refractivity contribution in [3.05, 3.63) is 100 Å². The van der Waals surface area contributed by atoms with Crippen LogP contribution in [0.15, 0.2) is 78.5 Å². The Morgan fingerprint density at radius 2 is 1.53 bits per heavy atom. The number of rotatable bonds is 4. The molecule has 3 aromatic carbocycles. The molecule has 0 aliphatic carbocycles. The fraction of sp³-hybridized carbons (Fsp3) is 0.154. The van der Waals surface area contributed by atoms with E-state index in [1.165, 1.54) is 10.5 Å². The van der Waals surface area contributed by atoms with Gasteiger partial charge in [0.15, 0.2) is 0 Å². The molecule has 0 atom stereocenters. The number of amides is 2. The molecular formula is C26H21ClN2O3. The van der Waals surface area contributed by atoms with Gasteiger partial charge in [-0.25, -0.2) is 4.90 Å². The highest BCUT2D eigenvalue weighted by Crippen LogP contribution is 2.41. The van der Waals surface area contributed by atoms with Crippen LogP contribution in [0.1, 0.15) is 16.7 Å². The van der Waals surface area contributed by atoms with Crippen LogP contribution in [-0.2, 0) is 22.6 Å². The molecule has 2 aliphatic rings. The monoisotopic (exact) mass is 444 g/mol. The normalized spacial score (nSPS) is 15.9. The van der Waals surface area contributed by atoms with Crippen molar-refractivity contribution in [2.24, 2.45) is 0 Å². The molecule has 0 spiro atoms. The molecule has 32 heavy (non-hydrogen) atoms. The predicted octanol–water partition coefficient (Wildman–Crippen LogP) is 4.69. The van der Waals surface area contributed by atoms with E-state index in [4.69, 9.17) is 16.3 Å². The SMILES string of the molecule is COc1ccccc1C1=C(N2CCc3ccccc3C2)C(=O)N(c2ccccc2Cl)C1=O. The van der Waals surface area contributed by atoms with Gasteiger partial charge < -0.3 is 9.64 Å². The number of carbonyl (C=O) groups excluding carboxylic acids is 2. The summed E-state index contributed by atoms with van der Waals surface area (Å²) in [6.45, 7) is 1.19. The van der Waals surface area contributed by atoms with Crippen molar-refractivity contribution in [3.63, 3.8) is 0 Å². The minimum absolute atomic E-state index is 0.340. The summed E-state index contributed by atoms with van der Waals surface area (Å²) in [6.07, 6.45) is 0.798. The van der Waals surface area contributed by atoms with Crippen LogP contribution < -0.4 is 9.64 Å². The number of imide groups is 1. The average molecular weight is 445 g/mol. The van der Waals surface area contributed by atoms with Crippen LogP contribution in [0.4, 0.5) is 5.69 Å². The van der Waals surface area contributed by atoms with Crippen LogP contribution in [0.2, 0.25) is 5.02 Å². The van der Waals surface area contributed by atoms with E-state index in [1.807, 2.05) is 35.2 Å². The second-order valence-corrected chi connectivity index (χ2v) is 8.17. The van der Waals surface area contributed by atoms with Crippen LogP contribution in [0.3, 0.4) is 0 Å². The maximum absolute atomic E-state index is 13.8. The molecule has 0 bridgehead atoms. The number of ether oxygens (including phenoxy) is 1. The van der Waals surface area contributed by atoms with Crippen molar-refractivity contribution in [3.8, 4) is 5.75 Å². The van der Waals surface area contributed by atoms with E-state index < -0.39 is 5.91 Å². The molecule has 5 rings (SSSR count). The zero-order valence-corrected chi connectivity index (χ0v) is 18.3. The Kier molecular flexibility index (Phi) is 5.19. The number of nitrogens with zero attached hydrogens (tertiary/aromatic N) is 2. The Labute approximate surface area is 191 Å². The lowest BCUT2D eigenvalue weighted by Gasteiger charge is -2.31. The standard InChI is InChI=1S/C26H21ClN2O3/c1-32-22-13-7-4-10-19(22)23-24(28-15-14-17-8-2-3-9-18(17)16-28)26(31)29(25(23)30)21-12-6-5-11-20(21)27/h2-13H,14-16H2,1H3. The van der Waals surface area contributed by atoms with Gasteiger partial charge >= 0.3 is 0 Å². The summed E-state index contributed by atoms with van der Waals surface area (Å²) in [4.78, 5) is 30.7. The zero-order chi connectivity index (χ0) is 22.2. The topological polar surface area (TPSA) is 49.9 Å². The van der Waals surface area contributed by atoms with E-state index in [2.05, 4.69) is 12.1 Å². The summed E-state index contributed by atoms with van der Waals surface area (Å²) in [6, 6.07) is 22.4. The van der Waals surface area contributed by atoms with Gasteiger partial charge in [0.1, 0.15) is 11.4 Å². The van der Waals surface area contributed by atoms with Crippen LogP contribution in [-0.4, -0.2) is 30.4 Å². The number of benzene rings is 3. The molecule has 6 heteroatoms. The highest BCUT2D eigenvalue weighted by Gasteiger charge is 2.44. The molecule has 2 amide bonds. The third-order valence-corrected chi connectivity index (χ3v) is 6.30. The summed E-state index contributed by atoms with van der Waals surface area (Å²) in [7, 11) is 1.56. The maximum atomic E-state index is 13.8. The Hall–Kier alpha value is -3.57. The lowest BCUT2D eigenvalue weighted by Crippen LogP contribution is -2.37. The van der Waals surface area contributed by atoms with Gasteiger partial charge in [0.05, 0.1) is 23.4 Å². The maximum Gasteiger partial charge on any atom is 0.282 e. The first-order chi connectivity index (χ1) is 15.6. The lowest BCUT2D eigenvalue weighted by molar-refractivity contribution is -0.120. The van der Waals surface area contributed by atoms with Gasteiger partial charge in [-0.15, -0.1) is 0 Å². The van der Waals surface area contributed by atoms with Crippen molar-refractivity contribution in [2.75, 3.05) is 18.6 Å². The van der Waals surface area contributed by atoms with Crippen molar-refractivity contribution in [1.29, 1.82) is 0 Å². The fourth-order valence-electron chi connectivity index (χ4n) is 4.44. The first-order valence-corrected chi connectivity index (χ1v) is 10.8. The quantitative estimate of drug-likeness (QED) is 0.548. The first-order valence-electron chi connectivity index (χ1n) is 10.4. The van der Waals surface area contributed by atoms with Crippen molar-refractivity contribution < 1.29 is 14.3 Å². The fourth-order valence-corrected chi connectivity index (χ4v) is 4.66. The summed E-state index contributed by atoms with van der Waals surface area (Å²) >= 11 is 6.38. The minimum Gasteiger partial charge on any atom is -0.496 e. The van der Waals surface area contributed by atoms with Gasteiger partial charge in [0, 0.05) is 18.7 Å². The molecule has 0 saturated carbocycles. The Morgan fingerprint density at radius 3 is 2.31 bits per heavy atom. The predicted molar refractivity (Wildman–Crippen MR) is 124 cm³/mol. The van der Waals surface area contributed by atoms with Gasteiger partial charge in [0.25, 0.3) is 11.8 Å². The average Bonchev–Trinajstić information content (AvgIpc) is 3.08. The highest BCUT2D eigenvalue weighted by atomic mass is 35.5.